The van der Waals surface area contributed by atoms with E-state index in [0.717, 1.165) is 42.5 Å². The molecule has 0 spiro atoms. The van der Waals surface area contributed by atoms with Crippen LogP contribution in [0.2, 0.25) is 0 Å². The lowest BCUT2D eigenvalue weighted by Crippen LogP contribution is -2.34. The van der Waals surface area contributed by atoms with Crippen LogP contribution in [0.5, 0.6) is 0 Å². The molecule has 3 aromatic rings. The summed E-state index contributed by atoms with van der Waals surface area (Å²) in [6.45, 7) is 3.92. The van der Waals surface area contributed by atoms with Crippen molar-refractivity contribution in [3.05, 3.63) is 38.9 Å². The lowest BCUT2D eigenvalue weighted by molar-refractivity contribution is 0.348. The minimum absolute atomic E-state index is 0.0577. The Morgan fingerprint density at radius 2 is 1.96 bits per heavy atom. The monoisotopic (exact) mass is 356 g/mol. The predicted octanol–water partition coefficient (Wildman–Crippen LogP) is 1.77. The Kier molecular flexibility index (Phi) is 3.95. The number of hydrogen-bond acceptors (Lipinski definition) is 6. The number of fused-ring (bicyclic) bond motifs is 1. The summed E-state index contributed by atoms with van der Waals surface area (Å²) < 4.78 is 6.88. The van der Waals surface area contributed by atoms with Crippen LogP contribution in [0.25, 0.3) is 11.0 Å². The van der Waals surface area contributed by atoms with Gasteiger partial charge >= 0.3 is 0 Å². The summed E-state index contributed by atoms with van der Waals surface area (Å²) >= 11 is 0. The highest BCUT2D eigenvalue weighted by atomic mass is 16.5. The Hall–Kier alpha value is -2.48. The minimum atomic E-state index is -0.439. The fourth-order valence-corrected chi connectivity index (χ4v) is 4.00. The molecule has 0 aliphatic heterocycles. The Morgan fingerprint density at radius 1 is 1.23 bits per heavy atom. The molecule has 26 heavy (non-hydrogen) atoms. The average molecular weight is 356 g/mol. The summed E-state index contributed by atoms with van der Waals surface area (Å²) in [7, 11) is 1.70. The van der Waals surface area contributed by atoms with Crippen molar-refractivity contribution in [3.8, 4) is 0 Å². The zero-order valence-corrected chi connectivity index (χ0v) is 15.4. The highest BCUT2D eigenvalue weighted by Gasteiger charge is 2.35. The molecule has 0 unspecified atom stereocenters. The van der Waals surface area contributed by atoms with Gasteiger partial charge in [-0.1, -0.05) is 18.0 Å². The van der Waals surface area contributed by atoms with E-state index in [4.69, 9.17) is 10.3 Å². The molecule has 1 fully saturated rings. The van der Waals surface area contributed by atoms with E-state index >= 15 is 0 Å². The number of pyridine rings is 1. The van der Waals surface area contributed by atoms with Crippen LogP contribution >= 0.6 is 0 Å². The third kappa shape index (κ3) is 2.65. The van der Waals surface area contributed by atoms with Crippen LogP contribution in [0.4, 0.5) is 0 Å². The number of hydrogen-bond donors (Lipinski definition) is 2. The van der Waals surface area contributed by atoms with E-state index in [2.05, 4.69) is 20.2 Å². The van der Waals surface area contributed by atoms with Gasteiger partial charge in [0.25, 0.3) is 5.56 Å². The lowest BCUT2D eigenvalue weighted by atomic mass is 9.98. The van der Waals surface area contributed by atoms with Crippen molar-refractivity contribution < 1.29 is 4.52 Å². The predicted molar refractivity (Wildman–Crippen MR) is 96.8 cm³/mol. The quantitative estimate of drug-likeness (QED) is 0.736. The molecule has 4 rings (SSSR count). The maximum Gasteiger partial charge on any atom is 0.276 e. The van der Waals surface area contributed by atoms with Crippen molar-refractivity contribution in [2.45, 2.75) is 57.9 Å². The molecule has 8 heteroatoms. The molecular weight excluding hydrogens is 332 g/mol. The van der Waals surface area contributed by atoms with Gasteiger partial charge in [0.2, 0.25) is 5.89 Å². The standard InChI is InChI=1S/C18H24N6O2/c1-10-12(11(2)20-15-14(10)16(25)24(3)22-15)6-7-13-21-17(23-26-13)18(19)8-4-5-9-18/h4-9,19H2,1-3H3,(H,20,22). The molecule has 1 aliphatic carbocycles. The van der Waals surface area contributed by atoms with Gasteiger partial charge < -0.3 is 10.3 Å². The summed E-state index contributed by atoms with van der Waals surface area (Å²) in [6.07, 6.45) is 5.31. The first-order valence-corrected chi connectivity index (χ1v) is 9.06. The second-order valence-corrected chi connectivity index (χ2v) is 7.38. The smallest absolute Gasteiger partial charge is 0.276 e. The van der Waals surface area contributed by atoms with E-state index in [9.17, 15) is 4.79 Å². The summed E-state index contributed by atoms with van der Waals surface area (Å²) in [5, 5.41) is 7.74. The van der Waals surface area contributed by atoms with Crippen molar-refractivity contribution in [3.63, 3.8) is 0 Å². The molecule has 3 N–H and O–H groups in total. The summed E-state index contributed by atoms with van der Waals surface area (Å²) in [5.41, 5.74) is 9.44. The molecule has 0 amide bonds. The number of H-pyrrole nitrogens is 1. The van der Waals surface area contributed by atoms with Gasteiger partial charge in [0.15, 0.2) is 11.5 Å². The van der Waals surface area contributed by atoms with Crippen molar-refractivity contribution in [1.82, 2.24) is 24.9 Å². The molecule has 8 nitrogen and oxygen atoms in total. The van der Waals surface area contributed by atoms with Gasteiger partial charge in [-0.3, -0.25) is 14.6 Å². The third-order valence-electron chi connectivity index (χ3n) is 5.57. The van der Waals surface area contributed by atoms with Crippen molar-refractivity contribution in [1.29, 1.82) is 0 Å². The number of nitrogens with zero attached hydrogens (tertiary/aromatic N) is 4. The minimum Gasteiger partial charge on any atom is -0.339 e. The van der Waals surface area contributed by atoms with Gasteiger partial charge in [-0.25, -0.2) is 4.98 Å². The first-order chi connectivity index (χ1) is 12.4. The average Bonchev–Trinajstić information content (AvgIpc) is 3.29. The van der Waals surface area contributed by atoms with E-state index in [1.807, 2.05) is 13.8 Å². The summed E-state index contributed by atoms with van der Waals surface area (Å²) in [5.74, 6) is 1.20. The van der Waals surface area contributed by atoms with E-state index in [1.165, 1.54) is 4.68 Å². The first-order valence-electron chi connectivity index (χ1n) is 9.06. The Morgan fingerprint density at radius 3 is 2.69 bits per heavy atom. The number of aryl methyl sites for hydroxylation is 4. The second kappa shape index (κ2) is 6.05. The van der Waals surface area contributed by atoms with Crippen molar-refractivity contribution >= 4 is 11.0 Å². The molecule has 3 aromatic heterocycles. The van der Waals surface area contributed by atoms with Gasteiger partial charge in [-0.05, 0) is 44.2 Å². The molecular formula is C18H24N6O2. The van der Waals surface area contributed by atoms with Crippen LogP contribution in [0.3, 0.4) is 0 Å². The maximum absolute atomic E-state index is 12.3. The normalized spacial score (nSPS) is 16.6. The Bertz CT molecular complexity index is 1020. The molecule has 1 aliphatic rings. The van der Waals surface area contributed by atoms with Gasteiger partial charge in [-0.15, -0.1) is 0 Å². The highest BCUT2D eigenvalue weighted by Crippen LogP contribution is 2.34. The van der Waals surface area contributed by atoms with Crippen LogP contribution in [-0.2, 0) is 25.4 Å². The number of rotatable bonds is 4. The molecule has 138 valence electrons. The molecule has 1 saturated carbocycles. The Balaban J connectivity index is 1.60. The molecule has 3 heterocycles. The third-order valence-corrected chi connectivity index (χ3v) is 5.57. The fourth-order valence-electron chi connectivity index (χ4n) is 4.00. The van der Waals surface area contributed by atoms with Gasteiger partial charge in [0.1, 0.15) is 0 Å². The molecule has 0 aromatic carbocycles. The van der Waals surface area contributed by atoms with Gasteiger partial charge in [0.05, 0.1) is 10.9 Å². The topological polar surface area (TPSA) is 116 Å². The van der Waals surface area contributed by atoms with Crippen LogP contribution in [-0.4, -0.2) is 24.9 Å². The van der Waals surface area contributed by atoms with Crippen molar-refractivity contribution in [2.24, 2.45) is 12.8 Å². The number of nitrogens with one attached hydrogen (secondary N) is 1. The Labute approximate surface area is 150 Å². The fraction of sp³-hybridized carbons (Fsp3) is 0.556. The number of aromatic nitrogens is 5. The largest absolute Gasteiger partial charge is 0.339 e. The molecule has 0 saturated heterocycles. The van der Waals surface area contributed by atoms with Gasteiger partial charge in [0, 0.05) is 19.2 Å². The van der Waals surface area contributed by atoms with Crippen molar-refractivity contribution in [2.75, 3.05) is 0 Å². The SMILES string of the molecule is Cc1nc2[nH]n(C)c(=O)c2c(C)c1CCc1nc(C2(N)CCCC2)no1. The highest BCUT2D eigenvalue weighted by molar-refractivity contribution is 5.79. The first kappa shape index (κ1) is 17.0. The molecule has 0 atom stereocenters. The zero-order valence-electron chi connectivity index (χ0n) is 15.4. The van der Waals surface area contributed by atoms with E-state index < -0.39 is 5.54 Å². The zero-order chi connectivity index (χ0) is 18.5. The lowest BCUT2D eigenvalue weighted by Gasteiger charge is -2.17. The second-order valence-electron chi connectivity index (χ2n) is 7.38. The number of aromatic amines is 1. The van der Waals surface area contributed by atoms with Crippen LogP contribution < -0.4 is 11.3 Å². The summed E-state index contributed by atoms with van der Waals surface area (Å²) in [6, 6.07) is 0. The van der Waals surface area contributed by atoms with Crippen LogP contribution in [0.15, 0.2) is 9.32 Å². The summed E-state index contributed by atoms with van der Waals surface area (Å²) in [4.78, 5) is 21.4. The van der Waals surface area contributed by atoms with E-state index in [1.54, 1.807) is 7.05 Å². The molecule has 0 radical (unpaired) electrons. The molecule has 0 bridgehead atoms. The number of nitrogens with two attached hydrogens (primary N) is 1. The van der Waals surface area contributed by atoms with E-state index in [-0.39, 0.29) is 5.56 Å². The van der Waals surface area contributed by atoms with Crippen LogP contribution in [0, 0.1) is 13.8 Å². The van der Waals surface area contributed by atoms with Crippen LogP contribution in [0.1, 0.15) is 54.2 Å². The van der Waals surface area contributed by atoms with E-state index in [0.29, 0.717) is 35.6 Å². The van der Waals surface area contributed by atoms with Gasteiger partial charge in [-0.2, -0.15) is 4.98 Å². The maximum atomic E-state index is 12.3.